The molecule has 2 heterocycles. The molecule has 1 aliphatic rings. The molecule has 0 spiro atoms. The van der Waals surface area contributed by atoms with Gasteiger partial charge in [0.05, 0.1) is 18.3 Å². The summed E-state index contributed by atoms with van der Waals surface area (Å²) >= 11 is 9.37. The van der Waals surface area contributed by atoms with Crippen molar-refractivity contribution in [2.45, 2.75) is 30.7 Å². The van der Waals surface area contributed by atoms with E-state index >= 15 is 0 Å². The summed E-state index contributed by atoms with van der Waals surface area (Å²) in [5.74, 6) is 0.215. The number of amides is 2. The lowest BCUT2D eigenvalue weighted by Crippen LogP contribution is -2.47. The molecule has 1 atom stereocenters. The second-order valence-corrected chi connectivity index (χ2v) is 11.0. The Morgan fingerprint density at radius 3 is 2.67 bits per heavy atom. The molecule has 0 radical (unpaired) electrons. The summed E-state index contributed by atoms with van der Waals surface area (Å²) in [7, 11) is 0. The third-order valence-electron chi connectivity index (χ3n) is 6.18. The van der Waals surface area contributed by atoms with E-state index in [-0.39, 0.29) is 24.4 Å². The molecule has 1 unspecified atom stereocenters. The number of hydrogen-bond donors (Lipinski definition) is 0. The van der Waals surface area contributed by atoms with Crippen LogP contribution in [0.15, 0.2) is 70.9 Å². The van der Waals surface area contributed by atoms with Crippen LogP contribution in [0, 0.1) is 0 Å². The average Bonchev–Trinajstić information content (AvgIpc) is 3.38. The number of thiophene rings is 1. The molecular formula is C28H31ClN2O3S2. The molecule has 190 valence electrons. The molecule has 36 heavy (non-hydrogen) atoms. The molecule has 5 nitrogen and oxygen atoms in total. The number of carbonyl (C=O) groups excluding carboxylic acids is 2. The van der Waals surface area contributed by atoms with Crippen LogP contribution in [0.2, 0.25) is 5.02 Å². The van der Waals surface area contributed by atoms with Crippen LogP contribution in [-0.2, 0) is 20.7 Å². The molecule has 2 amide bonds. The quantitative estimate of drug-likeness (QED) is 0.223. The smallest absolute Gasteiger partial charge is 0.242 e. The second-order valence-electron chi connectivity index (χ2n) is 8.56. The minimum absolute atomic E-state index is 0.0371. The Kier molecular flexibility index (Phi) is 9.87. The van der Waals surface area contributed by atoms with Gasteiger partial charge in [0.25, 0.3) is 0 Å². The zero-order valence-electron chi connectivity index (χ0n) is 20.4. The first kappa shape index (κ1) is 26.7. The van der Waals surface area contributed by atoms with Gasteiger partial charge in [-0.25, -0.2) is 0 Å². The number of ether oxygens (including phenoxy) is 1. The number of thioether (sulfide) groups is 1. The molecule has 0 saturated heterocycles. The molecule has 0 saturated carbocycles. The highest BCUT2D eigenvalue weighted by Crippen LogP contribution is 2.38. The molecule has 0 bridgehead atoms. The molecule has 1 aromatic heterocycles. The van der Waals surface area contributed by atoms with Crippen molar-refractivity contribution in [2.24, 2.45) is 0 Å². The van der Waals surface area contributed by atoms with Crippen LogP contribution in [0.1, 0.15) is 35.4 Å². The van der Waals surface area contributed by atoms with Gasteiger partial charge in [0.15, 0.2) is 0 Å². The van der Waals surface area contributed by atoms with Crippen molar-refractivity contribution >= 4 is 46.5 Å². The molecule has 0 N–H and O–H groups in total. The van der Waals surface area contributed by atoms with Crippen LogP contribution in [0.3, 0.4) is 0 Å². The zero-order chi connectivity index (χ0) is 25.3. The van der Waals surface area contributed by atoms with E-state index in [4.69, 9.17) is 16.3 Å². The maximum Gasteiger partial charge on any atom is 0.242 e. The Morgan fingerprint density at radius 1 is 1.14 bits per heavy atom. The van der Waals surface area contributed by atoms with Crippen molar-refractivity contribution in [2.75, 3.05) is 38.6 Å². The molecular weight excluding hydrogens is 512 g/mol. The average molecular weight is 543 g/mol. The zero-order valence-corrected chi connectivity index (χ0v) is 22.8. The summed E-state index contributed by atoms with van der Waals surface area (Å²) in [6.07, 6.45) is 1.52. The van der Waals surface area contributed by atoms with Crippen molar-refractivity contribution in [3.8, 4) is 0 Å². The normalized spacial score (nSPS) is 14.9. The number of carbonyl (C=O) groups is 2. The maximum absolute atomic E-state index is 13.7. The molecule has 2 aromatic carbocycles. The van der Waals surface area contributed by atoms with Crippen LogP contribution < -0.4 is 0 Å². The van der Waals surface area contributed by atoms with E-state index in [1.807, 2.05) is 66.4 Å². The monoisotopic (exact) mass is 542 g/mol. The fourth-order valence-electron chi connectivity index (χ4n) is 4.39. The van der Waals surface area contributed by atoms with Gasteiger partial charge < -0.3 is 14.5 Å². The number of benzene rings is 2. The highest BCUT2D eigenvalue weighted by Gasteiger charge is 2.34. The van der Waals surface area contributed by atoms with E-state index in [0.717, 1.165) is 22.4 Å². The van der Waals surface area contributed by atoms with E-state index in [1.54, 1.807) is 16.2 Å². The van der Waals surface area contributed by atoms with Gasteiger partial charge in [0.1, 0.15) is 0 Å². The predicted molar refractivity (Wildman–Crippen MR) is 148 cm³/mol. The largest absolute Gasteiger partial charge is 0.382 e. The van der Waals surface area contributed by atoms with Crippen molar-refractivity contribution < 1.29 is 14.3 Å². The summed E-state index contributed by atoms with van der Waals surface area (Å²) in [5.41, 5.74) is 2.19. The molecule has 1 aliphatic heterocycles. The van der Waals surface area contributed by atoms with Crippen LogP contribution in [0.4, 0.5) is 0 Å². The second kappa shape index (κ2) is 13.3. The van der Waals surface area contributed by atoms with Crippen molar-refractivity contribution in [3.63, 3.8) is 0 Å². The van der Waals surface area contributed by atoms with Crippen LogP contribution in [0.5, 0.6) is 0 Å². The molecule has 4 rings (SSSR count). The van der Waals surface area contributed by atoms with Gasteiger partial charge in [-0.2, -0.15) is 0 Å². The van der Waals surface area contributed by atoms with E-state index in [0.29, 0.717) is 43.5 Å². The lowest BCUT2D eigenvalue weighted by molar-refractivity contribution is -0.140. The van der Waals surface area contributed by atoms with Gasteiger partial charge in [0, 0.05) is 41.1 Å². The Bertz CT molecular complexity index is 1140. The fraction of sp³-hybridized carbons (Fsp3) is 0.357. The van der Waals surface area contributed by atoms with E-state index in [2.05, 4.69) is 11.4 Å². The van der Waals surface area contributed by atoms with Gasteiger partial charge in [-0.15, -0.1) is 23.1 Å². The highest BCUT2D eigenvalue weighted by atomic mass is 35.5. The number of nitrogens with zero attached hydrogens (tertiary/aromatic N) is 2. The predicted octanol–water partition coefficient (Wildman–Crippen LogP) is 5.92. The Balaban J connectivity index is 1.50. The molecule has 3 aromatic rings. The SMILES string of the molecule is CCOCCCN(CC(=O)N1CCc2sccc2C1c1ccc(Cl)cc1)C(=O)CSc1ccccc1. The van der Waals surface area contributed by atoms with Crippen LogP contribution >= 0.6 is 34.7 Å². The lowest BCUT2D eigenvalue weighted by atomic mass is 9.93. The molecule has 0 aliphatic carbocycles. The number of rotatable bonds is 11. The summed E-state index contributed by atoms with van der Waals surface area (Å²) in [4.78, 5) is 32.9. The van der Waals surface area contributed by atoms with E-state index in [9.17, 15) is 9.59 Å². The highest BCUT2D eigenvalue weighted by molar-refractivity contribution is 8.00. The number of fused-ring (bicyclic) bond motifs is 1. The van der Waals surface area contributed by atoms with Crippen LogP contribution in [-0.4, -0.2) is 60.2 Å². The van der Waals surface area contributed by atoms with Crippen molar-refractivity contribution in [3.05, 3.63) is 87.1 Å². The fourth-order valence-corrected chi connectivity index (χ4v) is 6.24. The Morgan fingerprint density at radius 2 is 1.92 bits per heavy atom. The van der Waals surface area contributed by atoms with Crippen LogP contribution in [0.25, 0.3) is 0 Å². The minimum Gasteiger partial charge on any atom is -0.382 e. The Hall–Kier alpha value is -2.32. The topological polar surface area (TPSA) is 49.9 Å². The minimum atomic E-state index is -0.177. The van der Waals surface area contributed by atoms with Gasteiger partial charge in [-0.05, 0) is 66.6 Å². The summed E-state index contributed by atoms with van der Waals surface area (Å²) in [6, 6.07) is 19.5. The first-order chi connectivity index (χ1) is 17.6. The first-order valence-electron chi connectivity index (χ1n) is 12.2. The third kappa shape index (κ3) is 6.91. The van der Waals surface area contributed by atoms with Gasteiger partial charge >= 0.3 is 0 Å². The standard InChI is InChI=1S/C28H31ClN2O3S2/c1-2-34-17-6-15-30(27(33)20-36-23-7-4-3-5-8-23)19-26(32)31-16-13-25-24(14-18-35-25)28(31)21-9-11-22(29)12-10-21/h3-5,7-12,14,18,28H,2,6,13,15-17,19-20H2,1H3. The Labute approximate surface area is 226 Å². The van der Waals surface area contributed by atoms with Crippen molar-refractivity contribution in [1.29, 1.82) is 0 Å². The lowest BCUT2D eigenvalue weighted by Gasteiger charge is -2.37. The maximum atomic E-state index is 13.7. The van der Waals surface area contributed by atoms with Gasteiger partial charge in [0.2, 0.25) is 11.8 Å². The number of halogens is 1. The van der Waals surface area contributed by atoms with Gasteiger partial charge in [-0.1, -0.05) is 41.9 Å². The third-order valence-corrected chi connectivity index (χ3v) is 8.42. The van der Waals surface area contributed by atoms with Gasteiger partial charge in [-0.3, -0.25) is 9.59 Å². The molecule has 0 fully saturated rings. The summed E-state index contributed by atoms with van der Waals surface area (Å²) in [6.45, 7) is 4.33. The summed E-state index contributed by atoms with van der Waals surface area (Å²) in [5, 5.41) is 2.76. The number of hydrogen-bond acceptors (Lipinski definition) is 5. The van der Waals surface area contributed by atoms with E-state index < -0.39 is 0 Å². The van der Waals surface area contributed by atoms with E-state index in [1.165, 1.54) is 16.6 Å². The summed E-state index contributed by atoms with van der Waals surface area (Å²) < 4.78 is 5.48. The van der Waals surface area contributed by atoms with Crippen molar-refractivity contribution in [1.82, 2.24) is 9.80 Å². The molecule has 8 heteroatoms. The first-order valence-corrected chi connectivity index (χ1v) is 14.5.